The summed E-state index contributed by atoms with van der Waals surface area (Å²) in [6, 6.07) is 10.9. The van der Waals surface area contributed by atoms with Crippen LogP contribution < -0.4 is 5.32 Å². The van der Waals surface area contributed by atoms with E-state index in [1.807, 2.05) is 24.3 Å². The van der Waals surface area contributed by atoms with Gasteiger partial charge in [-0.25, -0.2) is 9.59 Å². The number of carbonyl (C=O) groups excluding carboxylic acids is 2. The molecule has 0 saturated carbocycles. The van der Waals surface area contributed by atoms with E-state index in [0.717, 1.165) is 11.1 Å². The molecule has 1 N–H and O–H groups in total. The topological polar surface area (TPSA) is 64.6 Å². The first-order chi connectivity index (χ1) is 10.7. The maximum atomic E-state index is 11.9. The SMILES string of the molecule is COC(=O)c1cccc2c1Nc1c(cccc1C(=O)OC)C2. The number of benzene rings is 2. The highest BCUT2D eigenvalue weighted by molar-refractivity contribution is 6.02. The molecule has 3 rings (SSSR count). The van der Waals surface area contributed by atoms with Gasteiger partial charge >= 0.3 is 11.9 Å². The minimum absolute atomic E-state index is 0.414. The Kier molecular flexibility index (Phi) is 3.55. The van der Waals surface area contributed by atoms with Crippen molar-refractivity contribution in [3.05, 3.63) is 58.7 Å². The van der Waals surface area contributed by atoms with Gasteiger partial charge in [-0.15, -0.1) is 0 Å². The van der Waals surface area contributed by atoms with Crippen LogP contribution in [0.25, 0.3) is 0 Å². The second-order valence-electron chi connectivity index (χ2n) is 4.96. The zero-order valence-electron chi connectivity index (χ0n) is 12.3. The maximum absolute atomic E-state index is 11.9. The summed E-state index contributed by atoms with van der Waals surface area (Å²) in [5.74, 6) is -0.827. The lowest BCUT2D eigenvalue weighted by Crippen LogP contribution is -2.16. The molecule has 0 unspecified atom stereocenters. The number of para-hydroxylation sites is 2. The highest BCUT2D eigenvalue weighted by atomic mass is 16.5. The molecule has 0 spiro atoms. The molecule has 0 amide bonds. The first-order valence-electron chi connectivity index (χ1n) is 6.83. The van der Waals surface area contributed by atoms with Crippen LogP contribution in [0.4, 0.5) is 11.4 Å². The molecule has 1 aliphatic heterocycles. The van der Waals surface area contributed by atoms with Crippen molar-refractivity contribution in [2.24, 2.45) is 0 Å². The zero-order chi connectivity index (χ0) is 15.7. The van der Waals surface area contributed by atoms with Crippen LogP contribution in [0.15, 0.2) is 36.4 Å². The molecular weight excluding hydrogens is 282 g/mol. The third-order valence-corrected chi connectivity index (χ3v) is 3.74. The van der Waals surface area contributed by atoms with Crippen molar-refractivity contribution in [3.63, 3.8) is 0 Å². The molecule has 22 heavy (non-hydrogen) atoms. The van der Waals surface area contributed by atoms with Crippen LogP contribution in [0.1, 0.15) is 31.8 Å². The number of anilines is 2. The molecule has 0 saturated heterocycles. The van der Waals surface area contributed by atoms with Gasteiger partial charge in [-0.05, 0) is 23.3 Å². The highest BCUT2D eigenvalue weighted by Gasteiger charge is 2.24. The average Bonchev–Trinajstić information content (AvgIpc) is 2.57. The van der Waals surface area contributed by atoms with Crippen molar-refractivity contribution in [1.82, 2.24) is 0 Å². The molecule has 0 aromatic heterocycles. The van der Waals surface area contributed by atoms with Gasteiger partial charge < -0.3 is 14.8 Å². The number of rotatable bonds is 2. The third kappa shape index (κ3) is 2.20. The van der Waals surface area contributed by atoms with E-state index in [2.05, 4.69) is 5.32 Å². The fourth-order valence-electron chi connectivity index (χ4n) is 2.68. The van der Waals surface area contributed by atoms with Gasteiger partial charge in [-0.3, -0.25) is 0 Å². The van der Waals surface area contributed by atoms with E-state index in [0.29, 0.717) is 28.9 Å². The number of hydrogen-bond acceptors (Lipinski definition) is 5. The number of carbonyl (C=O) groups is 2. The Hall–Kier alpha value is -2.82. The Balaban J connectivity index is 2.12. The predicted octanol–water partition coefficient (Wildman–Crippen LogP) is 2.91. The van der Waals surface area contributed by atoms with Gasteiger partial charge in [0, 0.05) is 6.42 Å². The largest absolute Gasteiger partial charge is 0.465 e. The van der Waals surface area contributed by atoms with Crippen molar-refractivity contribution in [3.8, 4) is 0 Å². The fourth-order valence-corrected chi connectivity index (χ4v) is 2.68. The molecule has 5 nitrogen and oxygen atoms in total. The van der Waals surface area contributed by atoms with E-state index < -0.39 is 11.9 Å². The van der Waals surface area contributed by atoms with Crippen molar-refractivity contribution >= 4 is 23.3 Å². The second kappa shape index (κ2) is 5.52. The molecule has 0 atom stereocenters. The van der Waals surface area contributed by atoms with E-state index in [1.54, 1.807) is 12.1 Å². The van der Waals surface area contributed by atoms with Crippen molar-refractivity contribution in [2.75, 3.05) is 19.5 Å². The molecule has 2 aromatic rings. The Morgan fingerprint density at radius 2 is 1.32 bits per heavy atom. The van der Waals surface area contributed by atoms with Crippen LogP contribution in [0.3, 0.4) is 0 Å². The summed E-state index contributed by atoms with van der Waals surface area (Å²) in [6.07, 6.45) is 0.632. The van der Waals surface area contributed by atoms with Gasteiger partial charge in [-0.1, -0.05) is 24.3 Å². The molecule has 5 heteroatoms. The van der Waals surface area contributed by atoms with E-state index in [1.165, 1.54) is 14.2 Å². The van der Waals surface area contributed by atoms with Crippen molar-refractivity contribution < 1.29 is 19.1 Å². The number of fused-ring (bicyclic) bond motifs is 2. The minimum atomic E-state index is -0.414. The Bertz CT molecular complexity index is 704. The lowest BCUT2D eigenvalue weighted by atomic mass is 9.92. The van der Waals surface area contributed by atoms with Crippen LogP contribution in [-0.4, -0.2) is 26.2 Å². The van der Waals surface area contributed by atoms with E-state index >= 15 is 0 Å². The zero-order valence-corrected chi connectivity index (χ0v) is 12.3. The molecule has 112 valence electrons. The molecule has 1 aliphatic rings. The average molecular weight is 297 g/mol. The molecule has 1 heterocycles. The molecule has 0 fully saturated rings. The minimum Gasteiger partial charge on any atom is -0.465 e. The highest BCUT2D eigenvalue weighted by Crippen LogP contribution is 2.37. The summed E-state index contributed by atoms with van der Waals surface area (Å²) in [6.45, 7) is 0. The monoisotopic (exact) mass is 297 g/mol. The predicted molar refractivity (Wildman–Crippen MR) is 81.7 cm³/mol. The van der Waals surface area contributed by atoms with Crippen LogP contribution in [0, 0.1) is 0 Å². The maximum Gasteiger partial charge on any atom is 0.339 e. The van der Waals surface area contributed by atoms with E-state index in [4.69, 9.17) is 9.47 Å². The van der Waals surface area contributed by atoms with Crippen molar-refractivity contribution in [1.29, 1.82) is 0 Å². The van der Waals surface area contributed by atoms with Crippen LogP contribution in [-0.2, 0) is 15.9 Å². The molecule has 2 aromatic carbocycles. The number of methoxy groups -OCH3 is 2. The molecule has 0 radical (unpaired) electrons. The van der Waals surface area contributed by atoms with E-state index in [-0.39, 0.29) is 0 Å². The summed E-state index contributed by atoms with van der Waals surface area (Å²) in [7, 11) is 2.69. The number of nitrogens with one attached hydrogen (secondary N) is 1. The van der Waals surface area contributed by atoms with Crippen molar-refractivity contribution in [2.45, 2.75) is 6.42 Å². The summed E-state index contributed by atoms with van der Waals surface area (Å²) in [4.78, 5) is 23.8. The number of esters is 2. The van der Waals surface area contributed by atoms with Gasteiger partial charge in [-0.2, -0.15) is 0 Å². The first kappa shape index (κ1) is 14.1. The summed E-state index contributed by atoms with van der Waals surface area (Å²) >= 11 is 0. The number of ether oxygens (including phenoxy) is 2. The van der Waals surface area contributed by atoms with Crippen LogP contribution >= 0.6 is 0 Å². The third-order valence-electron chi connectivity index (χ3n) is 3.74. The smallest absolute Gasteiger partial charge is 0.339 e. The fraction of sp³-hybridized carbons (Fsp3) is 0.176. The van der Waals surface area contributed by atoms with Gasteiger partial charge in [0.2, 0.25) is 0 Å². The van der Waals surface area contributed by atoms with Gasteiger partial charge in [0.15, 0.2) is 0 Å². The standard InChI is InChI=1S/C17H15NO4/c1-21-16(19)12-7-3-5-10-9-11-6-4-8-13(17(20)22-2)15(11)18-14(10)12/h3-8,18H,9H2,1-2H3. The molecule has 0 aliphatic carbocycles. The van der Waals surface area contributed by atoms with Gasteiger partial charge in [0.1, 0.15) is 0 Å². The lowest BCUT2D eigenvalue weighted by molar-refractivity contribution is 0.0594. The summed E-state index contributed by atoms with van der Waals surface area (Å²) in [5, 5.41) is 3.21. The quantitative estimate of drug-likeness (QED) is 0.737. The van der Waals surface area contributed by atoms with Gasteiger partial charge in [0.05, 0.1) is 36.7 Å². The Morgan fingerprint density at radius 3 is 1.73 bits per heavy atom. The van der Waals surface area contributed by atoms with E-state index in [9.17, 15) is 9.59 Å². The Morgan fingerprint density at radius 1 is 0.864 bits per heavy atom. The summed E-state index contributed by atoms with van der Waals surface area (Å²) in [5.41, 5.74) is 4.22. The van der Waals surface area contributed by atoms with Crippen LogP contribution in [0.2, 0.25) is 0 Å². The molecular formula is C17H15NO4. The number of hydrogen-bond donors (Lipinski definition) is 1. The van der Waals surface area contributed by atoms with Gasteiger partial charge in [0.25, 0.3) is 0 Å². The summed E-state index contributed by atoms with van der Waals surface area (Å²) < 4.78 is 9.64. The Labute approximate surface area is 127 Å². The molecule has 0 bridgehead atoms. The lowest BCUT2D eigenvalue weighted by Gasteiger charge is -2.24. The normalized spacial score (nSPS) is 11.7. The second-order valence-corrected chi connectivity index (χ2v) is 4.96. The first-order valence-corrected chi connectivity index (χ1v) is 6.83. The van der Waals surface area contributed by atoms with Crippen LogP contribution in [0.5, 0.6) is 0 Å².